The summed E-state index contributed by atoms with van der Waals surface area (Å²) in [5, 5.41) is 12.5. The van der Waals surface area contributed by atoms with Crippen LogP contribution in [0.25, 0.3) is 0 Å². The van der Waals surface area contributed by atoms with E-state index in [1.165, 1.54) is 38.2 Å². The van der Waals surface area contributed by atoms with Gasteiger partial charge in [-0.05, 0) is 46.5 Å². The predicted molar refractivity (Wildman–Crippen MR) is 79.3 cm³/mol. The highest BCUT2D eigenvalue weighted by molar-refractivity contribution is 9.10. The van der Waals surface area contributed by atoms with Gasteiger partial charge in [-0.2, -0.15) is 0 Å². The maximum Gasteiger partial charge on any atom is 0.251 e. The molecule has 2 rings (SSSR count). The van der Waals surface area contributed by atoms with Gasteiger partial charge in [0.1, 0.15) is 5.75 Å². The molecule has 3 nitrogen and oxygen atoms in total. The lowest BCUT2D eigenvalue weighted by atomic mass is 9.87. The fourth-order valence-electron chi connectivity index (χ4n) is 2.62. The van der Waals surface area contributed by atoms with Crippen LogP contribution < -0.4 is 5.32 Å². The van der Waals surface area contributed by atoms with Crippen molar-refractivity contribution >= 4 is 21.8 Å². The van der Waals surface area contributed by atoms with Gasteiger partial charge in [0.25, 0.3) is 5.91 Å². The molecule has 1 aromatic carbocycles. The number of aromatic hydroxyl groups is 1. The van der Waals surface area contributed by atoms with Crippen molar-refractivity contribution in [1.29, 1.82) is 0 Å². The van der Waals surface area contributed by atoms with Crippen LogP contribution in [0.1, 0.15) is 48.9 Å². The number of hydrogen-bond donors (Lipinski definition) is 2. The summed E-state index contributed by atoms with van der Waals surface area (Å²) in [7, 11) is 0. The molecule has 2 N–H and O–H groups in total. The fraction of sp³-hybridized carbons (Fsp3) is 0.533. The van der Waals surface area contributed by atoms with E-state index in [9.17, 15) is 9.90 Å². The van der Waals surface area contributed by atoms with Gasteiger partial charge < -0.3 is 10.4 Å². The second-order valence-electron chi connectivity index (χ2n) is 5.21. The summed E-state index contributed by atoms with van der Waals surface area (Å²) in [6, 6.07) is 4.88. The highest BCUT2D eigenvalue weighted by atomic mass is 79.9. The first kappa shape index (κ1) is 14.4. The van der Waals surface area contributed by atoms with Gasteiger partial charge in [-0.3, -0.25) is 4.79 Å². The first-order valence-electron chi connectivity index (χ1n) is 6.93. The van der Waals surface area contributed by atoms with Gasteiger partial charge in [-0.1, -0.05) is 32.1 Å². The molecule has 1 aliphatic carbocycles. The van der Waals surface area contributed by atoms with E-state index < -0.39 is 0 Å². The smallest absolute Gasteiger partial charge is 0.251 e. The lowest BCUT2D eigenvalue weighted by Gasteiger charge is -2.21. The summed E-state index contributed by atoms with van der Waals surface area (Å²) in [5.41, 5.74) is 0.504. The second-order valence-corrected chi connectivity index (χ2v) is 6.07. The Morgan fingerprint density at radius 3 is 2.74 bits per heavy atom. The zero-order valence-electron chi connectivity index (χ0n) is 11.0. The molecule has 4 heteroatoms. The minimum atomic E-state index is -0.112. The quantitative estimate of drug-likeness (QED) is 0.883. The van der Waals surface area contributed by atoms with Gasteiger partial charge in [0.15, 0.2) is 0 Å². The van der Waals surface area contributed by atoms with Crippen molar-refractivity contribution < 1.29 is 9.90 Å². The Morgan fingerprint density at radius 1 is 1.32 bits per heavy atom. The number of carbonyl (C=O) groups is 1. The van der Waals surface area contributed by atoms with Crippen LogP contribution in [0.2, 0.25) is 0 Å². The number of carbonyl (C=O) groups excluding carboxylic acids is 1. The Kier molecular flexibility index (Phi) is 5.25. The van der Waals surface area contributed by atoms with Crippen molar-refractivity contribution in [3.63, 3.8) is 0 Å². The minimum Gasteiger partial charge on any atom is -0.507 e. The maximum absolute atomic E-state index is 11.9. The Hall–Kier alpha value is -1.03. The van der Waals surface area contributed by atoms with Gasteiger partial charge in [0, 0.05) is 12.1 Å². The van der Waals surface area contributed by atoms with Crippen molar-refractivity contribution in [2.24, 2.45) is 5.92 Å². The molecule has 19 heavy (non-hydrogen) atoms. The molecular formula is C15H20BrNO2. The molecule has 0 unspecified atom stereocenters. The lowest BCUT2D eigenvalue weighted by Crippen LogP contribution is -2.26. The summed E-state index contributed by atoms with van der Waals surface area (Å²) in [4.78, 5) is 11.9. The van der Waals surface area contributed by atoms with Gasteiger partial charge in [-0.15, -0.1) is 0 Å². The highest BCUT2D eigenvalue weighted by Gasteiger charge is 2.14. The molecule has 0 aliphatic heterocycles. The Morgan fingerprint density at radius 2 is 2.05 bits per heavy atom. The van der Waals surface area contributed by atoms with Crippen LogP contribution >= 0.6 is 15.9 Å². The van der Waals surface area contributed by atoms with Crippen LogP contribution in [0.3, 0.4) is 0 Å². The fourth-order valence-corrected chi connectivity index (χ4v) is 2.87. The van der Waals surface area contributed by atoms with E-state index in [1.807, 2.05) is 0 Å². The first-order valence-corrected chi connectivity index (χ1v) is 7.73. The molecule has 104 valence electrons. The average molecular weight is 326 g/mol. The largest absolute Gasteiger partial charge is 0.507 e. The van der Waals surface area contributed by atoms with E-state index in [4.69, 9.17) is 0 Å². The van der Waals surface area contributed by atoms with Crippen LogP contribution in [0.15, 0.2) is 22.7 Å². The summed E-state index contributed by atoms with van der Waals surface area (Å²) >= 11 is 3.20. The van der Waals surface area contributed by atoms with Crippen LogP contribution in [0.4, 0.5) is 0 Å². The molecule has 0 radical (unpaired) electrons. The molecule has 1 saturated carbocycles. The number of phenolic OH excluding ortho intramolecular Hbond substituents is 1. The van der Waals surface area contributed by atoms with Crippen molar-refractivity contribution in [1.82, 2.24) is 5.32 Å². The minimum absolute atomic E-state index is 0.0972. The van der Waals surface area contributed by atoms with E-state index in [2.05, 4.69) is 21.2 Å². The van der Waals surface area contributed by atoms with Crippen LogP contribution in [-0.2, 0) is 0 Å². The van der Waals surface area contributed by atoms with Gasteiger partial charge >= 0.3 is 0 Å². The predicted octanol–water partition coefficient (Wildman–Crippen LogP) is 3.85. The summed E-state index contributed by atoms with van der Waals surface area (Å²) in [5.74, 6) is 0.755. The molecule has 0 saturated heterocycles. The molecule has 0 aromatic heterocycles. The molecule has 1 fully saturated rings. The molecule has 1 aliphatic rings. The van der Waals surface area contributed by atoms with Gasteiger partial charge in [-0.25, -0.2) is 0 Å². The second kappa shape index (κ2) is 6.94. The summed E-state index contributed by atoms with van der Waals surface area (Å²) in [6.45, 7) is 0.723. The molecule has 1 amide bonds. The number of hydrogen-bond acceptors (Lipinski definition) is 2. The third-order valence-corrected chi connectivity index (χ3v) is 4.44. The van der Waals surface area contributed by atoms with E-state index in [1.54, 1.807) is 12.1 Å². The summed E-state index contributed by atoms with van der Waals surface area (Å²) in [6.07, 6.45) is 7.69. The normalized spacial score (nSPS) is 16.3. The molecule has 0 heterocycles. The van der Waals surface area contributed by atoms with Crippen LogP contribution in [0.5, 0.6) is 5.75 Å². The molecule has 0 atom stereocenters. The highest BCUT2D eigenvalue weighted by Crippen LogP contribution is 2.26. The SMILES string of the molecule is O=C(NCCC1CCCCC1)c1ccc(Br)c(O)c1. The Bertz CT molecular complexity index is 442. The number of phenols is 1. The van der Waals surface area contributed by atoms with E-state index in [-0.39, 0.29) is 11.7 Å². The maximum atomic E-state index is 11.9. The van der Waals surface area contributed by atoms with Crippen molar-refractivity contribution in [2.45, 2.75) is 38.5 Å². The topological polar surface area (TPSA) is 49.3 Å². The van der Waals surface area contributed by atoms with Crippen LogP contribution in [-0.4, -0.2) is 17.6 Å². The average Bonchev–Trinajstić information content (AvgIpc) is 2.43. The van der Waals surface area contributed by atoms with E-state index in [0.29, 0.717) is 10.0 Å². The van der Waals surface area contributed by atoms with Crippen molar-refractivity contribution in [2.75, 3.05) is 6.54 Å². The van der Waals surface area contributed by atoms with E-state index >= 15 is 0 Å². The molecule has 1 aromatic rings. The molecule has 0 spiro atoms. The number of amides is 1. The third kappa shape index (κ3) is 4.23. The molecule has 0 bridgehead atoms. The van der Waals surface area contributed by atoms with Crippen molar-refractivity contribution in [3.8, 4) is 5.75 Å². The lowest BCUT2D eigenvalue weighted by molar-refractivity contribution is 0.0950. The van der Waals surface area contributed by atoms with Crippen LogP contribution in [0, 0.1) is 5.92 Å². The number of benzene rings is 1. The molecular weight excluding hydrogens is 306 g/mol. The van der Waals surface area contributed by atoms with Gasteiger partial charge in [0.05, 0.1) is 4.47 Å². The Balaban J connectivity index is 1.78. The Labute approximate surface area is 122 Å². The number of halogens is 1. The van der Waals surface area contributed by atoms with Crippen molar-refractivity contribution in [3.05, 3.63) is 28.2 Å². The zero-order chi connectivity index (χ0) is 13.7. The number of nitrogens with one attached hydrogen (secondary N) is 1. The summed E-state index contributed by atoms with van der Waals surface area (Å²) < 4.78 is 0.603. The monoisotopic (exact) mass is 325 g/mol. The number of rotatable bonds is 4. The third-order valence-electron chi connectivity index (χ3n) is 3.77. The zero-order valence-corrected chi connectivity index (χ0v) is 12.6. The van der Waals surface area contributed by atoms with Gasteiger partial charge in [0.2, 0.25) is 0 Å². The van der Waals surface area contributed by atoms with E-state index in [0.717, 1.165) is 18.9 Å². The standard InChI is InChI=1S/C15H20BrNO2/c16-13-7-6-12(10-14(13)18)15(19)17-9-8-11-4-2-1-3-5-11/h6-7,10-11,18H,1-5,8-9H2,(H,17,19). The first-order chi connectivity index (χ1) is 9.16.